The van der Waals surface area contributed by atoms with E-state index < -0.39 is 0 Å². The summed E-state index contributed by atoms with van der Waals surface area (Å²) in [5.74, 6) is 2.92. The molecule has 0 heterocycles. The van der Waals surface area contributed by atoms with E-state index in [1.807, 2.05) is 6.08 Å². The van der Waals surface area contributed by atoms with Gasteiger partial charge in [-0.05, 0) is 74.2 Å². The molecule has 0 amide bonds. The van der Waals surface area contributed by atoms with E-state index in [2.05, 4.69) is 13.8 Å². The summed E-state index contributed by atoms with van der Waals surface area (Å²) < 4.78 is 0. The average Bonchev–Trinajstić information content (AvgIpc) is 2.82. The minimum atomic E-state index is -0.0260. The van der Waals surface area contributed by atoms with Gasteiger partial charge in [-0.15, -0.1) is 0 Å². The minimum absolute atomic E-state index is 0.0260. The summed E-state index contributed by atoms with van der Waals surface area (Å²) in [6, 6.07) is 0. The van der Waals surface area contributed by atoms with E-state index in [0.717, 1.165) is 50.4 Å². The van der Waals surface area contributed by atoms with Crippen molar-refractivity contribution in [2.24, 2.45) is 28.6 Å². The summed E-state index contributed by atoms with van der Waals surface area (Å²) in [4.78, 5) is 24.3. The maximum atomic E-state index is 12.4. The molecular weight excluding hydrogens is 272 g/mol. The molecule has 0 spiro atoms. The highest BCUT2D eigenvalue weighted by Gasteiger charge is 2.59. The molecule has 4 rings (SSSR count). The van der Waals surface area contributed by atoms with E-state index in [1.165, 1.54) is 24.8 Å². The Hall–Kier alpha value is -0.920. The van der Waals surface area contributed by atoms with Crippen LogP contribution in [0.25, 0.3) is 0 Å². The molecule has 0 saturated heterocycles. The number of rotatable bonds is 1. The van der Waals surface area contributed by atoms with Crippen LogP contribution in [-0.4, -0.2) is 11.6 Å². The van der Waals surface area contributed by atoms with Crippen molar-refractivity contribution >= 4 is 11.6 Å². The molecule has 2 heteroatoms. The molecule has 0 bridgehead atoms. The predicted molar refractivity (Wildman–Crippen MR) is 86.3 cm³/mol. The molecule has 22 heavy (non-hydrogen) atoms. The molecule has 0 aromatic carbocycles. The normalized spacial score (nSPS) is 47.5. The van der Waals surface area contributed by atoms with Gasteiger partial charge in [-0.25, -0.2) is 0 Å². The van der Waals surface area contributed by atoms with Crippen molar-refractivity contribution in [3.63, 3.8) is 0 Å². The van der Waals surface area contributed by atoms with Gasteiger partial charge in [0.05, 0.1) is 0 Å². The summed E-state index contributed by atoms with van der Waals surface area (Å²) in [7, 11) is 0. The second kappa shape index (κ2) is 4.79. The van der Waals surface area contributed by atoms with Crippen LogP contribution in [0.1, 0.15) is 71.6 Å². The summed E-state index contributed by atoms with van der Waals surface area (Å²) >= 11 is 0. The zero-order valence-corrected chi connectivity index (χ0v) is 14.0. The first-order valence-corrected chi connectivity index (χ1v) is 9.28. The molecule has 2 nitrogen and oxygen atoms in total. The summed E-state index contributed by atoms with van der Waals surface area (Å²) in [6.45, 7) is 4.57. The van der Waals surface area contributed by atoms with E-state index in [9.17, 15) is 9.59 Å². The van der Waals surface area contributed by atoms with Crippen molar-refractivity contribution in [1.29, 1.82) is 0 Å². The molecule has 0 unspecified atom stereocenters. The Morgan fingerprint density at radius 2 is 1.86 bits per heavy atom. The third-order valence-corrected chi connectivity index (χ3v) is 8.03. The number of hydrogen-bond donors (Lipinski definition) is 0. The van der Waals surface area contributed by atoms with Crippen LogP contribution < -0.4 is 0 Å². The first kappa shape index (κ1) is 14.7. The fraction of sp³-hybridized carbons (Fsp3) is 0.800. The second-order valence-corrected chi connectivity index (χ2v) is 8.48. The molecule has 0 aromatic heterocycles. The Morgan fingerprint density at radius 1 is 1.05 bits per heavy atom. The maximum Gasteiger partial charge on any atom is 0.155 e. The van der Waals surface area contributed by atoms with Crippen molar-refractivity contribution in [3.8, 4) is 0 Å². The van der Waals surface area contributed by atoms with Crippen LogP contribution in [0, 0.1) is 28.6 Å². The van der Waals surface area contributed by atoms with Gasteiger partial charge in [0.25, 0.3) is 0 Å². The SMILES string of the molecule is CC[C@]12CCC(=O)C=C1CC[C@@H]1[C@H]2CC[C@]2(C)C(=O)CC[C@@H]12. The quantitative estimate of drug-likeness (QED) is 0.715. The number of ketones is 2. The average molecular weight is 300 g/mol. The molecule has 0 aromatic rings. The van der Waals surface area contributed by atoms with Crippen LogP contribution in [0.4, 0.5) is 0 Å². The molecular formula is C20H28O2. The highest BCUT2D eigenvalue weighted by molar-refractivity contribution is 5.91. The molecule has 3 fully saturated rings. The maximum absolute atomic E-state index is 12.4. The van der Waals surface area contributed by atoms with Gasteiger partial charge in [0, 0.05) is 18.3 Å². The zero-order chi connectivity index (χ0) is 15.5. The van der Waals surface area contributed by atoms with E-state index >= 15 is 0 Å². The van der Waals surface area contributed by atoms with Crippen molar-refractivity contribution in [2.45, 2.75) is 71.6 Å². The molecule has 0 aliphatic heterocycles. The first-order chi connectivity index (χ1) is 10.5. The Morgan fingerprint density at radius 3 is 2.64 bits per heavy atom. The van der Waals surface area contributed by atoms with Gasteiger partial charge in [-0.3, -0.25) is 9.59 Å². The number of allylic oxidation sites excluding steroid dienone is 1. The Kier molecular flexibility index (Phi) is 3.19. The zero-order valence-electron chi connectivity index (χ0n) is 14.0. The standard InChI is InChI=1S/C20H28O2/c1-3-20-11-8-14(21)12-13(20)4-5-15-16-6-7-18(22)19(16,2)10-9-17(15)20/h12,15-17H,3-11H2,1-2H3/t15-,16-,17+,19-,20-/m0/s1. The van der Waals surface area contributed by atoms with E-state index in [4.69, 9.17) is 0 Å². The van der Waals surface area contributed by atoms with Gasteiger partial charge in [0.15, 0.2) is 5.78 Å². The van der Waals surface area contributed by atoms with Crippen LogP contribution in [0.5, 0.6) is 0 Å². The monoisotopic (exact) mass is 300 g/mol. The van der Waals surface area contributed by atoms with Crippen LogP contribution in [0.15, 0.2) is 11.6 Å². The van der Waals surface area contributed by atoms with E-state index in [1.54, 1.807) is 0 Å². The highest BCUT2D eigenvalue weighted by atomic mass is 16.1. The third-order valence-electron chi connectivity index (χ3n) is 8.03. The number of carbonyl (C=O) groups excluding carboxylic acids is 2. The number of Topliss-reactive ketones (excluding diaryl/α,β-unsaturated/α-hetero) is 1. The van der Waals surface area contributed by atoms with E-state index in [0.29, 0.717) is 17.5 Å². The van der Waals surface area contributed by atoms with Crippen molar-refractivity contribution in [1.82, 2.24) is 0 Å². The third kappa shape index (κ3) is 1.73. The molecule has 4 aliphatic rings. The number of carbonyl (C=O) groups is 2. The van der Waals surface area contributed by atoms with Gasteiger partial charge in [-0.1, -0.05) is 19.4 Å². The lowest BCUT2D eigenvalue weighted by atomic mass is 9.46. The first-order valence-electron chi connectivity index (χ1n) is 9.28. The minimum Gasteiger partial charge on any atom is -0.299 e. The Balaban J connectivity index is 1.73. The van der Waals surface area contributed by atoms with Gasteiger partial charge in [0.1, 0.15) is 5.78 Å². The summed E-state index contributed by atoms with van der Waals surface area (Å²) in [6.07, 6.45) is 11.5. The lowest BCUT2D eigenvalue weighted by Gasteiger charge is -2.58. The van der Waals surface area contributed by atoms with Crippen molar-refractivity contribution in [3.05, 3.63) is 11.6 Å². The molecule has 0 N–H and O–H groups in total. The fourth-order valence-corrected chi connectivity index (χ4v) is 6.80. The Bertz CT molecular complexity index is 560. The Labute approximate surface area is 133 Å². The van der Waals surface area contributed by atoms with E-state index in [-0.39, 0.29) is 10.8 Å². The number of fused-ring (bicyclic) bond motifs is 5. The van der Waals surface area contributed by atoms with Crippen LogP contribution in [0.2, 0.25) is 0 Å². The smallest absolute Gasteiger partial charge is 0.155 e. The van der Waals surface area contributed by atoms with Crippen LogP contribution in [-0.2, 0) is 9.59 Å². The lowest BCUT2D eigenvalue weighted by molar-refractivity contribution is -0.133. The van der Waals surface area contributed by atoms with Gasteiger partial charge in [-0.2, -0.15) is 0 Å². The number of hydrogen-bond acceptors (Lipinski definition) is 2. The van der Waals surface area contributed by atoms with Crippen LogP contribution in [0.3, 0.4) is 0 Å². The molecule has 5 atom stereocenters. The van der Waals surface area contributed by atoms with Crippen LogP contribution >= 0.6 is 0 Å². The lowest BCUT2D eigenvalue weighted by Crippen LogP contribution is -2.51. The van der Waals surface area contributed by atoms with Gasteiger partial charge in [0.2, 0.25) is 0 Å². The predicted octanol–water partition coefficient (Wildman–Crippen LogP) is 4.48. The topological polar surface area (TPSA) is 34.1 Å². The van der Waals surface area contributed by atoms with Crippen molar-refractivity contribution < 1.29 is 9.59 Å². The molecule has 3 saturated carbocycles. The summed E-state index contributed by atoms with van der Waals surface area (Å²) in [5, 5.41) is 0. The van der Waals surface area contributed by atoms with Crippen molar-refractivity contribution in [2.75, 3.05) is 0 Å². The highest BCUT2D eigenvalue weighted by Crippen LogP contribution is 2.65. The molecule has 0 radical (unpaired) electrons. The van der Waals surface area contributed by atoms with Gasteiger partial charge >= 0.3 is 0 Å². The van der Waals surface area contributed by atoms with Gasteiger partial charge < -0.3 is 0 Å². The largest absolute Gasteiger partial charge is 0.299 e. The summed E-state index contributed by atoms with van der Waals surface area (Å²) in [5.41, 5.74) is 1.71. The fourth-order valence-electron chi connectivity index (χ4n) is 6.80. The second-order valence-electron chi connectivity index (χ2n) is 8.48. The molecule has 120 valence electrons. The molecule has 4 aliphatic carbocycles.